The maximum Gasteiger partial charge on any atom is 0.429 e. The van der Waals surface area contributed by atoms with Crippen molar-refractivity contribution in [2.75, 3.05) is 6.61 Å². The van der Waals surface area contributed by atoms with Gasteiger partial charge >= 0.3 is 12.2 Å². The molecule has 0 aliphatic rings. The quantitative estimate of drug-likeness (QED) is 0.566. The van der Waals surface area contributed by atoms with Gasteiger partial charge < -0.3 is 15.2 Å². The van der Waals surface area contributed by atoms with Crippen LogP contribution in [-0.4, -0.2) is 18.8 Å². The topological polar surface area (TPSA) is 127 Å². The van der Waals surface area contributed by atoms with E-state index in [1.807, 2.05) is 0 Å². The Morgan fingerprint density at radius 2 is 2.16 bits per heavy atom. The second kappa shape index (κ2) is 7.17. The Morgan fingerprint density at radius 1 is 1.47 bits per heavy atom. The van der Waals surface area contributed by atoms with Gasteiger partial charge in [0.1, 0.15) is 6.61 Å². The van der Waals surface area contributed by atoms with Crippen LogP contribution in [0.2, 0.25) is 5.02 Å². The molecule has 0 bridgehead atoms. The van der Waals surface area contributed by atoms with Crippen LogP contribution in [0.25, 0.3) is 0 Å². The highest BCUT2D eigenvalue weighted by molar-refractivity contribution is 6.31. The molecule has 2 amide bonds. The molecule has 4 N–H and O–H groups in total. The summed E-state index contributed by atoms with van der Waals surface area (Å²) >= 11 is 5.95. The second-order valence-electron chi connectivity index (χ2n) is 3.27. The Bertz CT molecular complexity index is 482. The Labute approximate surface area is 113 Å². The lowest BCUT2D eigenvalue weighted by molar-refractivity contribution is 0.0461. The van der Waals surface area contributed by atoms with Crippen molar-refractivity contribution in [3.8, 4) is 0 Å². The number of nitrogens with one attached hydrogen (secondary N) is 2. The van der Waals surface area contributed by atoms with Crippen LogP contribution in [0.3, 0.4) is 0 Å². The molecule has 0 fully saturated rings. The average molecular weight is 287 g/mol. The minimum Gasteiger partial charge on any atom is -0.445 e. The Balaban J connectivity index is 2.85. The third kappa shape index (κ3) is 4.80. The SMILES string of the molecule is N=NNC(=O)O[C@@H](COC(N)=O)c1ccccc1Cl. The van der Waals surface area contributed by atoms with Crippen LogP contribution in [0.5, 0.6) is 0 Å². The summed E-state index contributed by atoms with van der Waals surface area (Å²) in [5.41, 5.74) is 13.5. The van der Waals surface area contributed by atoms with E-state index >= 15 is 0 Å². The number of hydrogen-bond acceptors (Lipinski definition) is 6. The number of benzene rings is 1. The summed E-state index contributed by atoms with van der Waals surface area (Å²) in [5, 5.41) is 2.99. The lowest BCUT2D eigenvalue weighted by Crippen LogP contribution is -2.25. The fourth-order valence-corrected chi connectivity index (χ4v) is 1.54. The molecule has 9 heteroatoms. The Hall–Kier alpha value is -2.35. The molecule has 1 rings (SSSR count). The lowest BCUT2D eigenvalue weighted by atomic mass is 10.1. The van der Waals surface area contributed by atoms with E-state index in [4.69, 9.17) is 27.6 Å². The molecule has 0 saturated carbocycles. The van der Waals surface area contributed by atoms with Crippen LogP contribution >= 0.6 is 11.6 Å². The molecule has 0 spiro atoms. The molecule has 0 heterocycles. The molecule has 0 aliphatic heterocycles. The summed E-state index contributed by atoms with van der Waals surface area (Å²) in [6.07, 6.45) is -2.94. The van der Waals surface area contributed by atoms with Gasteiger partial charge in [-0.1, -0.05) is 35.0 Å². The molecule has 0 saturated heterocycles. The highest BCUT2D eigenvalue weighted by atomic mass is 35.5. The predicted molar refractivity (Wildman–Crippen MR) is 64.5 cm³/mol. The number of ether oxygens (including phenoxy) is 2. The van der Waals surface area contributed by atoms with Crippen molar-refractivity contribution >= 4 is 23.8 Å². The molecule has 0 aromatic heterocycles. The number of carbonyl (C=O) groups is 2. The monoisotopic (exact) mass is 286 g/mol. The summed E-state index contributed by atoms with van der Waals surface area (Å²) in [5.74, 6) is 0. The van der Waals surface area contributed by atoms with Gasteiger partial charge in [0.05, 0.1) is 0 Å². The highest BCUT2D eigenvalue weighted by Crippen LogP contribution is 2.25. The summed E-state index contributed by atoms with van der Waals surface area (Å²) < 4.78 is 9.52. The van der Waals surface area contributed by atoms with Crippen molar-refractivity contribution < 1.29 is 19.1 Å². The number of carbonyl (C=O) groups excluding carboxylic acids is 2. The lowest BCUT2D eigenvalue weighted by Gasteiger charge is -2.18. The van der Waals surface area contributed by atoms with E-state index in [2.05, 4.69) is 9.96 Å². The number of halogens is 1. The van der Waals surface area contributed by atoms with Crippen molar-refractivity contribution in [1.29, 1.82) is 5.53 Å². The molecular formula is C10H11ClN4O4. The van der Waals surface area contributed by atoms with Gasteiger partial charge in [0.25, 0.3) is 0 Å². The van der Waals surface area contributed by atoms with Crippen LogP contribution in [-0.2, 0) is 9.47 Å². The fourth-order valence-electron chi connectivity index (χ4n) is 1.28. The molecule has 1 aromatic rings. The molecule has 0 radical (unpaired) electrons. The fraction of sp³-hybridized carbons (Fsp3) is 0.200. The molecule has 0 aliphatic carbocycles. The maximum absolute atomic E-state index is 11.2. The number of hydrogen-bond donors (Lipinski definition) is 3. The van der Waals surface area contributed by atoms with E-state index in [-0.39, 0.29) is 6.61 Å². The molecule has 1 aromatic carbocycles. The van der Waals surface area contributed by atoms with Crippen LogP contribution in [0.15, 0.2) is 29.5 Å². The standard InChI is InChI=1S/C10H11ClN4O4/c11-7-4-2-1-3-6(7)8(5-18-9(12)16)19-10(17)14-15-13/h1-4,8H,5H2,(H2,12,16)(H2,13,14,17)/t8-/m0/s1. The minimum absolute atomic E-state index is 0.301. The van der Waals surface area contributed by atoms with Gasteiger partial charge in [-0.25, -0.2) is 9.59 Å². The first-order chi connectivity index (χ1) is 9.04. The molecule has 1 atom stereocenters. The first-order valence-electron chi connectivity index (χ1n) is 5.04. The number of nitrogens with two attached hydrogens (primary N) is 1. The predicted octanol–water partition coefficient (Wildman–Crippen LogP) is 2.15. The van der Waals surface area contributed by atoms with E-state index < -0.39 is 18.3 Å². The van der Waals surface area contributed by atoms with Crippen LogP contribution in [0.4, 0.5) is 9.59 Å². The van der Waals surface area contributed by atoms with Crippen LogP contribution < -0.4 is 11.2 Å². The molecule has 8 nitrogen and oxygen atoms in total. The van der Waals surface area contributed by atoms with Crippen molar-refractivity contribution in [2.45, 2.75) is 6.10 Å². The Kier molecular flexibility index (Phi) is 5.55. The van der Waals surface area contributed by atoms with Gasteiger partial charge in [-0.05, 0) is 6.07 Å². The van der Waals surface area contributed by atoms with Gasteiger partial charge in [-0.15, -0.1) is 0 Å². The van der Waals surface area contributed by atoms with E-state index in [1.54, 1.807) is 29.7 Å². The summed E-state index contributed by atoms with van der Waals surface area (Å²) in [4.78, 5) is 21.8. The van der Waals surface area contributed by atoms with Gasteiger partial charge in [-0.2, -0.15) is 11.0 Å². The third-order valence-electron chi connectivity index (χ3n) is 2.03. The van der Waals surface area contributed by atoms with Gasteiger partial charge in [-0.3, -0.25) is 0 Å². The number of primary amides is 1. The molecular weight excluding hydrogens is 276 g/mol. The van der Waals surface area contributed by atoms with Gasteiger partial charge in [0.2, 0.25) is 0 Å². The molecule has 102 valence electrons. The number of nitrogens with zero attached hydrogens (tertiary/aromatic N) is 1. The smallest absolute Gasteiger partial charge is 0.429 e. The first kappa shape index (κ1) is 14.7. The summed E-state index contributed by atoms with van der Waals surface area (Å²) in [6.45, 7) is -0.301. The Morgan fingerprint density at radius 3 is 2.74 bits per heavy atom. The summed E-state index contributed by atoms with van der Waals surface area (Å²) in [7, 11) is 0. The molecule has 0 unspecified atom stereocenters. The summed E-state index contributed by atoms with van der Waals surface area (Å²) in [6, 6.07) is 6.55. The van der Waals surface area contributed by atoms with Crippen LogP contribution in [0, 0.1) is 5.53 Å². The zero-order valence-electron chi connectivity index (χ0n) is 9.63. The average Bonchev–Trinajstić information content (AvgIpc) is 2.35. The third-order valence-corrected chi connectivity index (χ3v) is 2.37. The zero-order chi connectivity index (χ0) is 14.3. The second-order valence-corrected chi connectivity index (χ2v) is 3.68. The van der Waals surface area contributed by atoms with Crippen molar-refractivity contribution in [3.05, 3.63) is 34.9 Å². The largest absolute Gasteiger partial charge is 0.445 e. The van der Waals surface area contributed by atoms with E-state index in [0.717, 1.165) is 0 Å². The normalized spacial score (nSPS) is 11.2. The molecule has 19 heavy (non-hydrogen) atoms. The maximum atomic E-state index is 11.2. The first-order valence-corrected chi connectivity index (χ1v) is 5.42. The van der Waals surface area contributed by atoms with E-state index in [0.29, 0.717) is 10.6 Å². The number of amides is 2. The van der Waals surface area contributed by atoms with Crippen LogP contribution in [0.1, 0.15) is 11.7 Å². The van der Waals surface area contributed by atoms with Crippen molar-refractivity contribution in [2.24, 2.45) is 11.0 Å². The van der Waals surface area contributed by atoms with Crippen molar-refractivity contribution in [3.63, 3.8) is 0 Å². The van der Waals surface area contributed by atoms with E-state index in [9.17, 15) is 9.59 Å². The minimum atomic E-state index is -1.01. The van der Waals surface area contributed by atoms with E-state index in [1.165, 1.54) is 0 Å². The zero-order valence-corrected chi connectivity index (χ0v) is 10.4. The van der Waals surface area contributed by atoms with Crippen molar-refractivity contribution in [1.82, 2.24) is 5.43 Å². The van der Waals surface area contributed by atoms with Gasteiger partial charge in [0, 0.05) is 10.6 Å². The van der Waals surface area contributed by atoms with Gasteiger partial charge in [0.15, 0.2) is 6.10 Å². The highest BCUT2D eigenvalue weighted by Gasteiger charge is 2.20. The number of rotatable bonds is 5.